The number of nitrogens with zero attached hydrogens (tertiary/aromatic N) is 5. The summed E-state index contributed by atoms with van der Waals surface area (Å²) in [6, 6.07) is 5.13. The molecule has 2 rings (SSSR count). The third-order valence-corrected chi connectivity index (χ3v) is 2.36. The maximum atomic E-state index is 8.73. The van der Waals surface area contributed by atoms with E-state index >= 15 is 0 Å². The molecule has 18 heavy (non-hydrogen) atoms. The lowest BCUT2D eigenvalue weighted by molar-refractivity contribution is 0.681. The van der Waals surface area contributed by atoms with Crippen LogP contribution in [0, 0.1) is 11.3 Å². The van der Waals surface area contributed by atoms with E-state index in [-0.39, 0.29) is 6.04 Å². The van der Waals surface area contributed by atoms with Gasteiger partial charge in [0.15, 0.2) is 11.6 Å². The van der Waals surface area contributed by atoms with Crippen LogP contribution >= 0.6 is 0 Å². The average Bonchev–Trinajstić information content (AvgIpc) is 2.83. The monoisotopic (exact) mass is 243 g/mol. The molecule has 0 amide bonds. The van der Waals surface area contributed by atoms with E-state index < -0.39 is 0 Å². The van der Waals surface area contributed by atoms with E-state index in [1.165, 1.54) is 6.20 Å². The van der Waals surface area contributed by atoms with Gasteiger partial charge in [-0.2, -0.15) is 14.9 Å². The van der Waals surface area contributed by atoms with Gasteiger partial charge in [-0.15, -0.1) is 5.10 Å². The van der Waals surface area contributed by atoms with Gasteiger partial charge in [0.1, 0.15) is 6.07 Å². The lowest BCUT2D eigenvalue weighted by atomic mass is 10.3. The van der Waals surface area contributed by atoms with E-state index in [1.807, 2.05) is 13.0 Å². The van der Waals surface area contributed by atoms with Crippen LogP contribution in [0.2, 0.25) is 0 Å². The molecule has 0 bridgehead atoms. The summed E-state index contributed by atoms with van der Waals surface area (Å²) >= 11 is 0. The van der Waals surface area contributed by atoms with E-state index in [1.54, 1.807) is 23.9 Å². The first-order chi connectivity index (χ1) is 8.65. The van der Waals surface area contributed by atoms with Crippen molar-refractivity contribution < 1.29 is 0 Å². The van der Waals surface area contributed by atoms with Crippen molar-refractivity contribution in [2.45, 2.75) is 13.0 Å². The SMILES string of the molecule is CNc1nc([C@H](C)N)n(-c2ccc(C#N)cn2)n1. The Morgan fingerprint density at radius 1 is 1.50 bits per heavy atom. The predicted octanol–water partition coefficient (Wildman–Crippen LogP) is 0.595. The second-order valence-corrected chi connectivity index (χ2v) is 3.76. The summed E-state index contributed by atoms with van der Waals surface area (Å²) in [5.74, 6) is 1.67. The normalized spacial score (nSPS) is 11.9. The fourth-order valence-electron chi connectivity index (χ4n) is 1.47. The van der Waals surface area contributed by atoms with Gasteiger partial charge in [0.2, 0.25) is 5.95 Å². The molecule has 1 atom stereocenters. The van der Waals surface area contributed by atoms with Gasteiger partial charge in [-0.25, -0.2) is 4.98 Å². The zero-order valence-corrected chi connectivity index (χ0v) is 10.1. The molecule has 3 N–H and O–H groups in total. The Labute approximate surface area is 104 Å². The van der Waals surface area contributed by atoms with Gasteiger partial charge in [0.25, 0.3) is 0 Å². The molecule has 0 aliphatic rings. The number of anilines is 1. The minimum atomic E-state index is -0.267. The molecule has 0 saturated heterocycles. The van der Waals surface area contributed by atoms with Crippen molar-refractivity contribution in [3.63, 3.8) is 0 Å². The third-order valence-electron chi connectivity index (χ3n) is 2.36. The molecular formula is C11H13N7. The van der Waals surface area contributed by atoms with Gasteiger partial charge in [0.05, 0.1) is 11.6 Å². The van der Waals surface area contributed by atoms with Crippen LogP contribution in [0.15, 0.2) is 18.3 Å². The van der Waals surface area contributed by atoms with Gasteiger partial charge < -0.3 is 11.1 Å². The van der Waals surface area contributed by atoms with E-state index in [0.29, 0.717) is 23.2 Å². The van der Waals surface area contributed by atoms with Gasteiger partial charge in [-0.05, 0) is 19.1 Å². The van der Waals surface area contributed by atoms with Crippen LogP contribution in [0.5, 0.6) is 0 Å². The topological polar surface area (TPSA) is 105 Å². The molecule has 7 nitrogen and oxygen atoms in total. The Kier molecular flexibility index (Phi) is 3.21. The van der Waals surface area contributed by atoms with Crippen LogP contribution < -0.4 is 11.1 Å². The van der Waals surface area contributed by atoms with Gasteiger partial charge in [-0.3, -0.25) is 0 Å². The molecular weight excluding hydrogens is 230 g/mol. The Balaban J connectivity index is 2.48. The lowest BCUT2D eigenvalue weighted by Crippen LogP contribution is -2.14. The molecule has 7 heteroatoms. The number of nitriles is 1. The summed E-state index contributed by atoms with van der Waals surface area (Å²) in [6.45, 7) is 1.82. The van der Waals surface area contributed by atoms with Gasteiger partial charge in [0, 0.05) is 13.2 Å². The lowest BCUT2D eigenvalue weighted by Gasteiger charge is -2.06. The highest BCUT2D eigenvalue weighted by Crippen LogP contribution is 2.14. The summed E-state index contributed by atoms with van der Waals surface area (Å²) in [6.07, 6.45) is 1.49. The van der Waals surface area contributed by atoms with Crippen LogP contribution in [-0.2, 0) is 0 Å². The molecule has 0 saturated carbocycles. The predicted molar refractivity (Wildman–Crippen MR) is 66.0 cm³/mol. The van der Waals surface area contributed by atoms with Crippen molar-refractivity contribution in [1.29, 1.82) is 5.26 Å². The minimum absolute atomic E-state index is 0.267. The first kappa shape index (κ1) is 12.0. The van der Waals surface area contributed by atoms with Gasteiger partial charge >= 0.3 is 0 Å². The van der Waals surface area contributed by atoms with Crippen LogP contribution in [0.4, 0.5) is 5.95 Å². The highest BCUT2D eigenvalue weighted by molar-refractivity contribution is 5.34. The maximum Gasteiger partial charge on any atom is 0.242 e. The summed E-state index contributed by atoms with van der Waals surface area (Å²) < 4.78 is 1.57. The Bertz CT molecular complexity index is 576. The fourth-order valence-corrected chi connectivity index (χ4v) is 1.47. The van der Waals surface area contributed by atoms with Crippen molar-refractivity contribution in [3.8, 4) is 11.9 Å². The fraction of sp³-hybridized carbons (Fsp3) is 0.273. The smallest absolute Gasteiger partial charge is 0.242 e. The number of aromatic nitrogens is 4. The summed E-state index contributed by atoms with van der Waals surface area (Å²) in [5.41, 5.74) is 6.34. The minimum Gasteiger partial charge on any atom is -0.356 e. The number of nitrogens with two attached hydrogens (primary N) is 1. The maximum absolute atomic E-state index is 8.73. The van der Waals surface area contributed by atoms with Crippen LogP contribution in [0.1, 0.15) is 24.4 Å². The molecule has 0 spiro atoms. The van der Waals surface area contributed by atoms with Crippen molar-refractivity contribution >= 4 is 5.95 Å². The summed E-state index contributed by atoms with van der Waals surface area (Å²) in [7, 11) is 1.73. The van der Waals surface area contributed by atoms with Crippen molar-refractivity contribution in [2.75, 3.05) is 12.4 Å². The average molecular weight is 243 g/mol. The molecule has 0 aliphatic carbocycles. The van der Waals surface area contributed by atoms with E-state index in [0.717, 1.165) is 0 Å². The van der Waals surface area contributed by atoms with E-state index in [4.69, 9.17) is 11.0 Å². The van der Waals surface area contributed by atoms with Crippen molar-refractivity contribution in [3.05, 3.63) is 29.7 Å². The quantitative estimate of drug-likeness (QED) is 0.817. The molecule has 2 heterocycles. The molecule has 0 aliphatic heterocycles. The Morgan fingerprint density at radius 2 is 2.28 bits per heavy atom. The zero-order chi connectivity index (χ0) is 13.1. The Morgan fingerprint density at radius 3 is 2.78 bits per heavy atom. The van der Waals surface area contributed by atoms with Gasteiger partial charge in [-0.1, -0.05) is 0 Å². The number of pyridine rings is 1. The molecule has 0 fully saturated rings. The second-order valence-electron chi connectivity index (χ2n) is 3.76. The highest BCUT2D eigenvalue weighted by atomic mass is 15.4. The summed E-state index contributed by atoms with van der Waals surface area (Å²) in [5, 5.41) is 15.8. The molecule has 2 aromatic rings. The highest BCUT2D eigenvalue weighted by Gasteiger charge is 2.14. The van der Waals surface area contributed by atoms with E-state index in [9.17, 15) is 0 Å². The van der Waals surface area contributed by atoms with Crippen LogP contribution in [-0.4, -0.2) is 26.8 Å². The number of hydrogen-bond acceptors (Lipinski definition) is 6. The first-order valence-corrected chi connectivity index (χ1v) is 5.42. The number of nitrogens with one attached hydrogen (secondary N) is 1. The molecule has 0 aromatic carbocycles. The largest absolute Gasteiger partial charge is 0.356 e. The van der Waals surface area contributed by atoms with E-state index in [2.05, 4.69) is 20.4 Å². The molecule has 0 radical (unpaired) electrons. The molecule has 2 aromatic heterocycles. The van der Waals surface area contributed by atoms with Crippen LogP contribution in [0.25, 0.3) is 5.82 Å². The van der Waals surface area contributed by atoms with Crippen molar-refractivity contribution in [1.82, 2.24) is 19.7 Å². The first-order valence-electron chi connectivity index (χ1n) is 5.42. The summed E-state index contributed by atoms with van der Waals surface area (Å²) in [4.78, 5) is 8.42. The van der Waals surface area contributed by atoms with Crippen LogP contribution in [0.3, 0.4) is 0 Å². The second kappa shape index (κ2) is 4.81. The molecule has 0 unspecified atom stereocenters. The standard InChI is InChI=1S/C11H13N7/c1-7(13)10-16-11(14-2)17-18(10)9-4-3-8(5-12)6-15-9/h3-4,6-7H,13H2,1-2H3,(H,14,17)/t7-/m0/s1. The molecule has 92 valence electrons. The Hall–Kier alpha value is -2.46. The zero-order valence-electron chi connectivity index (χ0n) is 10.1. The number of hydrogen-bond donors (Lipinski definition) is 2. The number of rotatable bonds is 3. The third kappa shape index (κ3) is 2.14. The van der Waals surface area contributed by atoms with Crippen molar-refractivity contribution in [2.24, 2.45) is 5.73 Å².